The highest BCUT2D eigenvalue weighted by molar-refractivity contribution is 8.00. The van der Waals surface area contributed by atoms with Crippen molar-refractivity contribution in [3.05, 3.63) is 76.5 Å². The summed E-state index contributed by atoms with van der Waals surface area (Å²) < 4.78 is 38.5. The molecule has 0 aliphatic heterocycles. The van der Waals surface area contributed by atoms with Crippen LogP contribution in [0.15, 0.2) is 74.5 Å². The highest BCUT2D eigenvalue weighted by atomic mass is 32.2. The van der Waals surface area contributed by atoms with Crippen LogP contribution in [-0.4, -0.2) is 29.5 Å². The van der Waals surface area contributed by atoms with Gasteiger partial charge in [0.05, 0.1) is 16.3 Å². The lowest BCUT2D eigenvalue weighted by molar-refractivity contribution is -0.115. The molecule has 162 valence electrons. The summed E-state index contributed by atoms with van der Waals surface area (Å²) in [4.78, 5) is 31.0. The lowest BCUT2D eigenvalue weighted by atomic mass is 10.2. The molecule has 0 saturated carbocycles. The maximum Gasteiger partial charge on any atom is 0.270 e. The summed E-state index contributed by atoms with van der Waals surface area (Å²) in [5, 5.41) is 2.19. The van der Waals surface area contributed by atoms with Crippen molar-refractivity contribution in [3.63, 3.8) is 0 Å². The number of halogens is 1. The fraction of sp³-hybridized carbons (Fsp3) is 0.190. The molecule has 1 heterocycles. The molecule has 31 heavy (non-hydrogen) atoms. The van der Waals surface area contributed by atoms with Gasteiger partial charge in [-0.2, -0.15) is 0 Å². The van der Waals surface area contributed by atoms with E-state index in [-0.39, 0.29) is 16.0 Å². The molecule has 0 aliphatic rings. The predicted octanol–water partition coefficient (Wildman–Crippen LogP) is 3.56. The zero-order valence-electron chi connectivity index (χ0n) is 16.8. The Balaban J connectivity index is 1.78. The highest BCUT2D eigenvalue weighted by Gasteiger charge is 2.24. The summed E-state index contributed by atoms with van der Waals surface area (Å²) in [6.45, 7) is 3.61. The van der Waals surface area contributed by atoms with Crippen molar-refractivity contribution < 1.29 is 17.6 Å². The van der Waals surface area contributed by atoms with Gasteiger partial charge in [-0.1, -0.05) is 36.4 Å². The standard InChI is InChI=1S/C21H20FN3O4S2/c1-3-17(19(26)24-15-8-6-14(22)7-9-15)30-21-23-12-18(20(27)25-21)31(28,29)16-10-4-13(2)5-11-16/h4-12,17H,3H2,1-2H3,(H,24,26)(H,23,25,27)/t17-/m1/s1. The van der Waals surface area contributed by atoms with Gasteiger partial charge in [0.2, 0.25) is 15.7 Å². The highest BCUT2D eigenvalue weighted by Crippen LogP contribution is 2.24. The van der Waals surface area contributed by atoms with Gasteiger partial charge in [-0.25, -0.2) is 17.8 Å². The van der Waals surface area contributed by atoms with Crippen molar-refractivity contribution >= 4 is 33.2 Å². The Labute approximate surface area is 183 Å². The SMILES string of the molecule is CC[C@@H](Sc1ncc(S(=O)(=O)c2ccc(C)cc2)c(=O)[nH]1)C(=O)Nc1ccc(F)cc1. The summed E-state index contributed by atoms with van der Waals surface area (Å²) in [6.07, 6.45) is 1.42. The predicted molar refractivity (Wildman–Crippen MR) is 116 cm³/mol. The van der Waals surface area contributed by atoms with Crippen LogP contribution in [-0.2, 0) is 14.6 Å². The molecule has 0 saturated heterocycles. The number of hydrogen-bond acceptors (Lipinski definition) is 6. The van der Waals surface area contributed by atoms with Crippen LogP contribution in [0.5, 0.6) is 0 Å². The topological polar surface area (TPSA) is 109 Å². The number of sulfone groups is 1. The number of benzene rings is 2. The number of aryl methyl sites for hydroxylation is 1. The molecule has 1 amide bonds. The minimum atomic E-state index is -4.02. The van der Waals surface area contributed by atoms with Gasteiger partial charge >= 0.3 is 0 Å². The van der Waals surface area contributed by atoms with Gasteiger partial charge in [-0.15, -0.1) is 0 Å². The Morgan fingerprint density at radius 3 is 2.39 bits per heavy atom. The van der Waals surface area contributed by atoms with E-state index in [2.05, 4.69) is 15.3 Å². The van der Waals surface area contributed by atoms with Crippen LogP contribution in [0.2, 0.25) is 0 Å². The third-order valence-corrected chi connectivity index (χ3v) is 7.42. The van der Waals surface area contributed by atoms with Gasteiger partial charge in [0.1, 0.15) is 5.82 Å². The largest absolute Gasteiger partial charge is 0.325 e. The number of amides is 1. The molecule has 2 N–H and O–H groups in total. The maximum absolute atomic E-state index is 13.0. The number of thioether (sulfide) groups is 1. The number of H-pyrrole nitrogens is 1. The van der Waals surface area contributed by atoms with Crippen molar-refractivity contribution in [1.29, 1.82) is 0 Å². The van der Waals surface area contributed by atoms with Gasteiger partial charge in [0.15, 0.2) is 10.1 Å². The first-order valence-electron chi connectivity index (χ1n) is 9.35. The molecule has 0 unspecified atom stereocenters. The van der Waals surface area contributed by atoms with Crippen LogP contribution in [0.25, 0.3) is 0 Å². The Hall–Kier alpha value is -2.98. The second-order valence-electron chi connectivity index (χ2n) is 6.71. The van der Waals surface area contributed by atoms with Gasteiger partial charge in [0.25, 0.3) is 5.56 Å². The molecule has 0 bridgehead atoms. The van der Waals surface area contributed by atoms with E-state index in [0.29, 0.717) is 12.1 Å². The average Bonchev–Trinajstić information content (AvgIpc) is 2.73. The van der Waals surface area contributed by atoms with E-state index in [0.717, 1.165) is 23.5 Å². The summed E-state index contributed by atoms with van der Waals surface area (Å²) in [6, 6.07) is 11.5. The monoisotopic (exact) mass is 461 g/mol. The van der Waals surface area contributed by atoms with E-state index in [4.69, 9.17) is 0 Å². The zero-order chi connectivity index (χ0) is 22.6. The van der Waals surface area contributed by atoms with Crippen LogP contribution >= 0.6 is 11.8 Å². The summed E-state index contributed by atoms with van der Waals surface area (Å²) in [5.41, 5.74) is 0.514. The van der Waals surface area contributed by atoms with Crippen LogP contribution in [0.1, 0.15) is 18.9 Å². The van der Waals surface area contributed by atoms with E-state index in [1.54, 1.807) is 19.1 Å². The molecular formula is C21H20FN3O4S2. The number of carbonyl (C=O) groups is 1. The van der Waals surface area contributed by atoms with Gasteiger partial charge in [-0.3, -0.25) is 9.59 Å². The Kier molecular flexibility index (Phi) is 6.91. The first-order chi connectivity index (χ1) is 14.7. The van der Waals surface area contributed by atoms with Gasteiger partial charge in [0, 0.05) is 5.69 Å². The second-order valence-corrected chi connectivity index (χ2v) is 9.82. The first kappa shape index (κ1) is 22.7. The van der Waals surface area contributed by atoms with Crippen LogP contribution in [0, 0.1) is 12.7 Å². The van der Waals surface area contributed by atoms with E-state index in [1.807, 2.05) is 6.92 Å². The number of nitrogens with zero attached hydrogens (tertiary/aromatic N) is 1. The molecular weight excluding hydrogens is 441 g/mol. The molecule has 3 aromatic rings. The van der Waals surface area contributed by atoms with Gasteiger partial charge < -0.3 is 10.3 Å². The third-order valence-electron chi connectivity index (χ3n) is 4.39. The van der Waals surface area contributed by atoms with Gasteiger partial charge in [-0.05, 0) is 49.7 Å². The van der Waals surface area contributed by atoms with Crippen LogP contribution in [0.3, 0.4) is 0 Å². The molecule has 0 radical (unpaired) electrons. The maximum atomic E-state index is 13.0. The number of hydrogen-bond donors (Lipinski definition) is 2. The number of aromatic nitrogens is 2. The molecule has 0 fully saturated rings. The Morgan fingerprint density at radius 1 is 1.16 bits per heavy atom. The summed E-state index contributed by atoms with van der Waals surface area (Å²) >= 11 is 1.00. The fourth-order valence-corrected chi connectivity index (χ4v) is 4.78. The molecule has 3 rings (SSSR count). The molecule has 7 nitrogen and oxygen atoms in total. The summed E-state index contributed by atoms with van der Waals surface area (Å²) in [5.74, 6) is -0.764. The normalized spacial score (nSPS) is 12.4. The second kappa shape index (κ2) is 9.44. The van der Waals surface area contributed by atoms with Crippen molar-refractivity contribution in [2.75, 3.05) is 5.32 Å². The number of anilines is 1. The lowest BCUT2D eigenvalue weighted by Crippen LogP contribution is -2.26. The average molecular weight is 462 g/mol. The molecule has 1 atom stereocenters. The Bertz CT molecular complexity index is 1240. The van der Waals surface area contributed by atoms with E-state index in [1.165, 1.54) is 36.4 Å². The van der Waals surface area contributed by atoms with Crippen molar-refractivity contribution in [1.82, 2.24) is 9.97 Å². The molecule has 2 aromatic carbocycles. The Morgan fingerprint density at radius 2 is 1.81 bits per heavy atom. The summed E-state index contributed by atoms with van der Waals surface area (Å²) in [7, 11) is -4.02. The number of rotatable bonds is 7. The molecule has 0 spiro atoms. The molecule has 10 heteroatoms. The lowest BCUT2D eigenvalue weighted by Gasteiger charge is -2.14. The smallest absolute Gasteiger partial charge is 0.270 e. The third kappa shape index (κ3) is 5.39. The minimum Gasteiger partial charge on any atom is -0.325 e. The first-order valence-corrected chi connectivity index (χ1v) is 11.7. The molecule has 0 aliphatic carbocycles. The van der Waals surface area contributed by atoms with Crippen LogP contribution in [0.4, 0.5) is 10.1 Å². The van der Waals surface area contributed by atoms with Crippen LogP contribution < -0.4 is 10.9 Å². The van der Waals surface area contributed by atoms with Crippen molar-refractivity contribution in [2.45, 2.75) is 40.5 Å². The van der Waals surface area contributed by atoms with Crippen molar-refractivity contribution in [3.8, 4) is 0 Å². The fourth-order valence-electron chi connectivity index (χ4n) is 2.68. The minimum absolute atomic E-state index is 0.00378. The molecule has 1 aromatic heterocycles. The number of aromatic amines is 1. The quantitative estimate of drug-likeness (QED) is 0.411. The number of carbonyl (C=O) groups excluding carboxylic acids is 1. The van der Waals surface area contributed by atoms with E-state index < -0.39 is 31.4 Å². The van der Waals surface area contributed by atoms with E-state index >= 15 is 0 Å². The number of nitrogens with one attached hydrogen (secondary N) is 2. The van der Waals surface area contributed by atoms with E-state index in [9.17, 15) is 22.4 Å². The zero-order valence-corrected chi connectivity index (χ0v) is 18.4. The van der Waals surface area contributed by atoms with Crippen molar-refractivity contribution in [2.24, 2.45) is 0 Å².